The summed E-state index contributed by atoms with van der Waals surface area (Å²) in [6, 6.07) is 13.7. The Balaban J connectivity index is 1.57. The lowest BCUT2D eigenvalue weighted by Gasteiger charge is -2.04. The summed E-state index contributed by atoms with van der Waals surface area (Å²) in [4.78, 5) is 4.35. The van der Waals surface area contributed by atoms with Crippen LogP contribution >= 0.6 is 0 Å². The first-order chi connectivity index (χ1) is 12.7. The Bertz CT molecular complexity index is 1040. The molecule has 2 aromatic heterocycles. The Morgan fingerprint density at radius 3 is 2.88 bits per heavy atom. The van der Waals surface area contributed by atoms with E-state index >= 15 is 0 Å². The first kappa shape index (κ1) is 15.9. The van der Waals surface area contributed by atoms with Gasteiger partial charge in [0.25, 0.3) is 0 Å². The molecular weight excluding hydrogens is 337 g/mol. The van der Waals surface area contributed by atoms with E-state index in [1.54, 1.807) is 25.4 Å². The summed E-state index contributed by atoms with van der Waals surface area (Å²) < 4.78 is 25.4. The number of para-hydroxylation sites is 1. The number of ether oxygens (including phenoxy) is 1. The second-order valence-corrected chi connectivity index (χ2v) is 5.53. The highest BCUT2D eigenvalue weighted by Crippen LogP contribution is 2.22. The molecule has 0 spiro atoms. The predicted molar refractivity (Wildman–Crippen MR) is 90.4 cm³/mol. The zero-order valence-electron chi connectivity index (χ0n) is 13.8. The molecule has 7 nitrogen and oxygen atoms in total. The molecule has 8 heteroatoms. The highest BCUT2D eigenvalue weighted by molar-refractivity contribution is 5.47. The van der Waals surface area contributed by atoms with Gasteiger partial charge in [-0.1, -0.05) is 34.6 Å². The Morgan fingerprint density at radius 2 is 2.04 bits per heavy atom. The summed E-state index contributed by atoms with van der Waals surface area (Å²) >= 11 is 0. The maximum absolute atomic E-state index is 13.3. The van der Waals surface area contributed by atoms with E-state index in [0.717, 1.165) is 11.3 Å². The number of rotatable bonds is 5. The van der Waals surface area contributed by atoms with Crippen LogP contribution in [-0.4, -0.2) is 32.2 Å². The molecule has 0 radical (unpaired) electrons. The fraction of sp³-hybridized carbons (Fsp3) is 0.111. The van der Waals surface area contributed by atoms with Crippen LogP contribution in [0.2, 0.25) is 0 Å². The molecule has 0 aliphatic rings. The van der Waals surface area contributed by atoms with Gasteiger partial charge in [-0.15, -0.1) is 5.10 Å². The molecular formula is C18H14FN5O2. The predicted octanol–water partition coefficient (Wildman–Crippen LogP) is 3.06. The van der Waals surface area contributed by atoms with Crippen LogP contribution in [0.1, 0.15) is 11.5 Å². The third-order valence-electron chi connectivity index (χ3n) is 3.80. The molecule has 0 aliphatic heterocycles. The average molecular weight is 351 g/mol. The lowest BCUT2D eigenvalue weighted by molar-refractivity contribution is 0.379. The minimum absolute atomic E-state index is 0.317. The molecule has 26 heavy (non-hydrogen) atoms. The van der Waals surface area contributed by atoms with Crippen LogP contribution in [0.4, 0.5) is 4.39 Å². The highest BCUT2D eigenvalue weighted by atomic mass is 19.1. The van der Waals surface area contributed by atoms with E-state index in [-0.39, 0.29) is 5.82 Å². The van der Waals surface area contributed by atoms with Gasteiger partial charge in [0, 0.05) is 5.56 Å². The van der Waals surface area contributed by atoms with Crippen LogP contribution in [0.5, 0.6) is 5.75 Å². The van der Waals surface area contributed by atoms with Crippen molar-refractivity contribution in [2.75, 3.05) is 7.11 Å². The SMILES string of the molecule is COc1ccccc1Cc1nc(-c2cn(-c3cccc(F)c3)nn2)no1. The number of benzene rings is 2. The van der Waals surface area contributed by atoms with Gasteiger partial charge in [0.2, 0.25) is 11.7 Å². The second kappa shape index (κ2) is 6.75. The molecule has 2 aromatic carbocycles. The topological polar surface area (TPSA) is 78.9 Å². The Labute approximate surface area is 148 Å². The molecule has 0 aliphatic carbocycles. The molecule has 0 fully saturated rings. The van der Waals surface area contributed by atoms with Crippen LogP contribution in [0, 0.1) is 5.82 Å². The van der Waals surface area contributed by atoms with Crippen molar-refractivity contribution < 1.29 is 13.7 Å². The Morgan fingerprint density at radius 1 is 1.15 bits per heavy atom. The molecule has 0 atom stereocenters. The zero-order chi connectivity index (χ0) is 17.9. The van der Waals surface area contributed by atoms with Crippen molar-refractivity contribution in [2.24, 2.45) is 0 Å². The largest absolute Gasteiger partial charge is 0.496 e. The van der Waals surface area contributed by atoms with E-state index < -0.39 is 0 Å². The van der Waals surface area contributed by atoms with Crippen molar-refractivity contribution >= 4 is 0 Å². The summed E-state index contributed by atoms with van der Waals surface area (Å²) in [7, 11) is 1.61. The van der Waals surface area contributed by atoms with Gasteiger partial charge in [-0.3, -0.25) is 0 Å². The Kier molecular flexibility index (Phi) is 4.14. The standard InChI is InChI=1S/C18H14FN5O2/c1-25-16-8-3-2-5-12(16)9-17-20-18(22-26-17)15-11-24(23-21-15)14-7-4-6-13(19)10-14/h2-8,10-11H,9H2,1H3. The molecule has 0 N–H and O–H groups in total. The lowest BCUT2D eigenvalue weighted by atomic mass is 10.1. The van der Waals surface area contributed by atoms with Crippen molar-refractivity contribution in [1.29, 1.82) is 0 Å². The maximum Gasteiger partial charge on any atom is 0.231 e. The quantitative estimate of drug-likeness (QED) is 0.550. The molecule has 0 unspecified atom stereocenters. The number of aromatic nitrogens is 5. The zero-order valence-corrected chi connectivity index (χ0v) is 13.8. The Hall–Kier alpha value is -3.55. The summed E-state index contributed by atoms with van der Waals surface area (Å²) in [5.41, 5.74) is 1.93. The molecule has 0 saturated carbocycles. The van der Waals surface area contributed by atoms with Crippen LogP contribution in [-0.2, 0) is 6.42 Å². The molecule has 130 valence electrons. The van der Waals surface area contributed by atoms with Gasteiger partial charge in [-0.25, -0.2) is 9.07 Å². The van der Waals surface area contributed by atoms with E-state index in [1.165, 1.54) is 16.8 Å². The van der Waals surface area contributed by atoms with Gasteiger partial charge in [0.05, 0.1) is 25.4 Å². The normalized spacial score (nSPS) is 10.8. The summed E-state index contributed by atoms with van der Waals surface area (Å²) in [5, 5.41) is 12.0. The molecule has 2 heterocycles. The van der Waals surface area contributed by atoms with Gasteiger partial charge >= 0.3 is 0 Å². The molecule has 4 rings (SSSR count). The first-order valence-electron chi connectivity index (χ1n) is 7.86. The highest BCUT2D eigenvalue weighted by Gasteiger charge is 2.15. The first-order valence-corrected chi connectivity index (χ1v) is 7.86. The monoisotopic (exact) mass is 351 g/mol. The van der Waals surface area contributed by atoms with Gasteiger partial charge in [-0.2, -0.15) is 4.98 Å². The van der Waals surface area contributed by atoms with Crippen LogP contribution in [0.25, 0.3) is 17.2 Å². The fourth-order valence-corrected chi connectivity index (χ4v) is 2.55. The number of hydrogen-bond acceptors (Lipinski definition) is 6. The number of halogens is 1. The van der Waals surface area contributed by atoms with Gasteiger partial charge < -0.3 is 9.26 Å². The number of methoxy groups -OCH3 is 1. The summed E-state index contributed by atoms with van der Waals surface area (Å²) in [6.07, 6.45) is 2.06. The van der Waals surface area contributed by atoms with E-state index in [9.17, 15) is 4.39 Å². The average Bonchev–Trinajstić information content (AvgIpc) is 3.31. The third kappa shape index (κ3) is 3.16. The van der Waals surface area contributed by atoms with Crippen LogP contribution < -0.4 is 4.74 Å². The van der Waals surface area contributed by atoms with Crippen LogP contribution in [0.15, 0.2) is 59.3 Å². The number of hydrogen-bond donors (Lipinski definition) is 0. The molecule has 0 saturated heterocycles. The van der Waals surface area contributed by atoms with Crippen molar-refractivity contribution in [3.05, 3.63) is 72.0 Å². The van der Waals surface area contributed by atoms with E-state index in [4.69, 9.17) is 9.26 Å². The van der Waals surface area contributed by atoms with Crippen molar-refractivity contribution in [2.45, 2.75) is 6.42 Å². The molecule has 4 aromatic rings. The van der Waals surface area contributed by atoms with Crippen molar-refractivity contribution in [3.8, 4) is 23.0 Å². The lowest BCUT2D eigenvalue weighted by Crippen LogP contribution is -1.94. The van der Waals surface area contributed by atoms with Crippen molar-refractivity contribution in [1.82, 2.24) is 25.1 Å². The summed E-state index contributed by atoms with van der Waals surface area (Å²) in [5.74, 6) is 1.16. The van der Waals surface area contributed by atoms with E-state index in [2.05, 4.69) is 20.5 Å². The molecule has 0 bridgehead atoms. The maximum atomic E-state index is 13.3. The summed E-state index contributed by atoms with van der Waals surface area (Å²) in [6.45, 7) is 0. The number of nitrogens with zero attached hydrogens (tertiary/aromatic N) is 5. The van der Waals surface area contributed by atoms with Gasteiger partial charge in [-0.05, 0) is 24.3 Å². The van der Waals surface area contributed by atoms with Gasteiger partial charge in [0.1, 0.15) is 11.6 Å². The molecule has 0 amide bonds. The minimum atomic E-state index is -0.349. The second-order valence-electron chi connectivity index (χ2n) is 5.53. The van der Waals surface area contributed by atoms with E-state index in [0.29, 0.717) is 29.5 Å². The smallest absolute Gasteiger partial charge is 0.231 e. The van der Waals surface area contributed by atoms with E-state index in [1.807, 2.05) is 24.3 Å². The third-order valence-corrected chi connectivity index (χ3v) is 3.80. The van der Waals surface area contributed by atoms with Crippen molar-refractivity contribution in [3.63, 3.8) is 0 Å². The minimum Gasteiger partial charge on any atom is -0.496 e. The fourth-order valence-electron chi connectivity index (χ4n) is 2.55. The van der Waals surface area contributed by atoms with Crippen LogP contribution in [0.3, 0.4) is 0 Å². The van der Waals surface area contributed by atoms with Gasteiger partial charge in [0.15, 0.2) is 5.69 Å².